The van der Waals surface area contributed by atoms with Crippen LogP contribution in [0.5, 0.6) is 5.75 Å². The molecule has 0 bridgehead atoms. The molecule has 4 rings (SSSR count). The predicted octanol–water partition coefficient (Wildman–Crippen LogP) is 5.00. The average Bonchev–Trinajstić information content (AvgIpc) is 2.87. The number of nitrogens with zero attached hydrogens (tertiary/aromatic N) is 2. The molecule has 37 heavy (non-hydrogen) atoms. The van der Waals surface area contributed by atoms with E-state index in [-0.39, 0.29) is 23.7 Å². The van der Waals surface area contributed by atoms with Crippen molar-refractivity contribution in [1.82, 2.24) is 9.80 Å². The third-order valence-electron chi connectivity index (χ3n) is 5.90. The van der Waals surface area contributed by atoms with Crippen LogP contribution in [0.15, 0.2) is 72.8 Å². The summed E-state index contributed by atoms with van der Waals surface area (Å²) in [6.07, 6.45) is -0.369. The van der Waals surface area contributed by atoms with Crippen LogP contribution in [0.3, 0.4) is 0 Å². The summed E-state index contributed by atoms with van der Waals surface area (Å²) in [4.78, 5) is 41.3. The van der Waals surface area contributed by atoms with Gasteiger partial charge in [0.15, 0.2) is 0 Å². The Labute approximate surface area is 216 Å². The number of rotatable bonds is 4. The second kappa shape index (κ2) is 10.7. The molecule has 8 heteroatoms. The molecule has 2 N–H and O–H groups in total. The summed E-state index contributed by atoms with van der Waals surface area (Å²) in [7, 11) is 0. The third kappa shape index (κ3) is 6.67. The molecule has 0 saturated carbocycles. The molecule has 192 valence electrons. The zero-order chi connectivity index (χ0) is 26.6. The maximum Gasteiger partial charge on any atom is 0.410 e. The second-order valence-corrected chi connectivity index (χ2v) is 9.93. The van der Waals surface area contributed by atoms with Gasteiger partial charge in [-0.25, -0.2) is 4.79 Å². The molecule has 1 aliphatic heterocycles. The average molecular weight is 502 g/mol. The Morgan fingerprint density at radius 2 is 1.41 bits per heavy atom. The highest BCUT2D eigenvalue weighted by Crippen LogP contribution is 2.27. The Morgan fingerprint density at radius 1 is 0.784 bits per heavy atom. The van der Waals surface area contributed by atoms with Crippen LogP contribution in [-0.4, -0.2) is 64.6 Å². The molecule has 3 amide bonds. The number of benzene rings is 3. The van der Waals surface area contributed by atoms with Crippen molar-refractivity contribution in [2.24, 2.45) is 0 Å². The summed E-state index contributed by atoms with van der Waals surface area (Å²) in [5.41, 5.74) is 2.36. The minimum absolute atomic E-state index is 0.0290. The monoisotopic (exact) mass is 501 g/mol. The van der Waals surface area contributed by atoms with Crippen LogP contribution in [0.2, 0.25) is 0 Å². The molecule has 1 fully saturated rings. The first-order chi connectivity index (χ1) is 17.6. The van der Waals surface area contributed by atoms with Crippen molar-refractivity contribution in [3.05, 3.63) is 83.9 Å². The van der Waals surface area contributed by atoms with Crippen molar-refractivity contribution in [1.29, 1.82) is 0 Å². The lowest BCUT2D eigenvalue weighted by Gasteiger charge is -2.35. The number of anilines is 1. The number of aromatic hydroxyl groups is 1. The minimum atomic E-state index is -0.562. The maximum absolute atomic E-state index is 13.0. The quantitative estimate of drug-likeness (QED) is 0.524. The van der Waals surface area contributed by atoms with Gasteiger partial charge in [0.1, 0.15) is 11.4 Å². The molecule has 1 saturated heterocycles. The number of hydrogen-bond acceptors (Lipinski definition) is 5. The number of para-hydroxylation sites is 1. The molecule has 8 nitrogen and oxygen atoms in total. The van der Waals surface area contributed by atoms with E-state index in [0.29, 0.717) is 48.6 Å². The van der Waals surface area contributed by atoms with Gasteiger partial charge >= 0.3 is 6.09 Å². The van der Waals surface area contributed by atoms with E-state index in [1.165, 1.54) is 6.07 Å². The summed E-state index contributed by atoms with van der Waals surface area (Å²) >= 11 is 0. The molecule has 0 unspecified atom stereocenters. The molecule has 0 spiro atoms. The van der Waals surface area contributed by atoms with Crippen molar-refractivity contribution in [3.63, 3.8) is 0 Å². The van der Waals surface area contributed by atoms with Crippen LogP contribution in [-0.2, 0) is 4.74 Å². The van der Waals surface area contributed by atoms with E-state index in [1.54, 1.807) is 58.3 Å². The number of carbonyl (C=O) groups is 3. The van der Waals surface area contributed by atoms with Crippen molar-refractivity contribution in [2.45, 2.75) is 26.4 Å². The summed E-state index contributed by atoms with van der Waals surface area (Å²) in [5.74, 6) is -0.478. The number of amides is 3. The molecule has 0 aromatic heterocycles. The lowest BCUT2D eigenvalue weighted by molar-refractivity contribution is 0.0141. The topological polar surface area (TPSA) is 99.2 Å². The van der Waals surface area contributed by atoms with Crippen LogP contribution < -0.4 is 5.32 Å². The number of piperazine rings is 1. The first kappa shape index (κ1) is 25.8. The predicted molar refractivity (Wildman–Crippen MR) is 142 cm³/mol. The highest BCUT2D eigenvalue weighted by molar-refractivity contribution is 6.05. The number of nitrogens with one attached hydrogen (secondary N) is 1. The normalized spacial score (nSPS) is 13.7. The molecule has 0 atom stereocenters. The third-order valence-corrected chi connectivity index (χ3v) is 5.90. The number of carbonyl (C=O) groups excluding carboxylic acids is 3. The van der Waals surface area contributed by atoms with Crippen molar-refractivity contribution in [3.8, 4) is 16.9 Å². The van der Waals surface area contributed by atoms with Gasteiger partial charge < -0.3 is 25.0 Å². The zero-order valence-corrected chi connectivity index (χ0v) is 21.2. The molecule has 3 aromatic rings. The Morgan fingerprint density at radius 3 is 2.03 bits per heavy atom. The maximum atomic E-state index is 13.0. The van der Waals surface area contributed by atoms with Crippen LogP contribution in [0.4, 0.5) is 10.5 Å². The summed E-state index contributed by atoms with van der Waals surface area (Å²) in [5, 5.41) is 13.0. The fourth-order valence-electron chi connectivity index (χ4n) is 4.04. The summed E-state index contributed by atoms with van der Waals surface area (Å²) in [6.45, 7) is 7.15. The van der Waals surface area contributed by atoms with E-state index < -0.39 is 5.60 Å². The van der Waals surface area contributed by atoms with Crippen molar-refractivity contribution >= 4 is 23.6 Å². The second-order valence-electron chi connectivity index (χ2n) is 9.93. The van der Waals surface area contributed by atoms with Crippen LogP contribution in [0.1, 0.15) is 41.5 Å². The highest BCUT2D eigenvalue weighted by Gasteiger charge is 2.28. The first-order valence-electron chi connectivity index (χ1n) is 12.2. The highest BCUT2D eigenvalue weighted by atomic mass is 16.6. The van der Waals surface area contributed by atoms with E-state index in [2.05, 4.69) is 5.32 Å². The largest absolute Gasteiger partial charge is 0.508 e. The van der Waals surface area contributed by atoms with E-state index in [4.69, 9.17) is 4.74 Å². The molecule has 1 aliphatic rings. The van der Waals surface area contributed by atoms with Crippen LogP contribution in [0.25, 0.3) is 11.1 Å². The Hall–Kier alpha value is -4.33. The SMILES string of the molecule is CC(C)(C)OC(=O)N1CCN(C(=O)c2ccc(-c3cc(O)cc(C(=O)Nc4ccccc4)c3)cc2)CC1. The van der Waals surface area contributed by atoms with Crippen LogP contribution >= 0.6 is 0 Å². The van der Waals surface area contributed by atoms with Gasteiger partial charge in [-0.2, -0.15) is 0 Å². The van der Waals surface area contributed by atoms with E-state index in [9.17, 15) is 19.5 Å². The van der Waals surface area contributed by atoms with E-state index >= 15 is 0 Å². The molecule has 0 radical (unpaired) electrons. The van der Waals surface area contributed by atoms with Gasteiger partial charge in [0.25, 0.3) is 11.8 Å². The molecular formula is C29H31N3O5. The van der Waals surface area contributed by atoms with Gasteiger partial charge in [0.05, 0.1) is 0 Å². The van der Waals surface area contributed by atoms with E-state index in [1.807, 2.05) is 39.0 Å². The molecule has 1 heterocycles. The van der Waals surface area contributed by atoms with Gasteiger partial charge in [-0.1, -0.05) is 30.3 Å². The zero-order valence-electron chi connectivity index (χ0n) is 21.2. The fourth-order valence-corrected chi connectivity index (χ4v) is 4.04. The molecule has 3 aromatic carbocycles. The summed E-state index contributed by atoms with van der Waals surface area (Å²) < 4.78 is 5.41. The standard InChI is InChI=1S/C29H31N3O5/c1-29(2,3)37-28(36)32-15-13-31(14-16-32)27(35)21-11-9-20(10-12-21)22-17-23(19-25(33)18-22)26(34)30-24-7-5-4-6-8-24/h4-12,17-19,33H,13-16H2,1-3H3,(H,30,34). The van der Waals surface area contributed by atoms with Crippen molar-refractivity contribution in [2.75, 3.05) is 31.5 Å². The lowest BCUT2D eigenvalue weighted by atomic mass is 10.0. The number of phenols is 1. The van der Waals surface area contributed by atoms with Gasteiger partial charge in [0.2, 0.25) is 0 Å². The van der Waals surface area contributed by atoms with Gasteiger partial charge in [-0.15, -0.1) is 0 Å². The fraction of sp³-hybridized carbons (Fsp3) is 0.276. The van der Waals surface area contributed by atoms with Gasteiger partial charge in [-0.3, -0.25) is 9.59 Å². The number of phenolic OH excluding ortho intramolecular Hbond substituents is 1. The molecule has 0 aliphatic carbocycles. The first-order valence-corrected chi connectivity index (χ1v) is 12.2. The number of hydrogen-bond donors (Lipinski definition) is 2. The minimum Gasteiger partial charge on any atom is -0.508 e. The molecular weight excluding hydrogens is 470 g/mol. The summed E-state index contributed by atoms with van der Waals surface area (Å²) in [6, 6.07) is 20.8. The number of ether oxygens (including phenoxy) is 1. The van der Waals surface area contributed by atoms with E-state index in [0.717, 1.165) is 5.56 Å². The Kier molecular flexibility index (Phi) is 7.47. The van der Waals surface area contributed by atoms with Crippen LogP contribution in [0, 0.1) is 0 Å². The van der Waals surface area contributed by atoms with Gasteiger partial charge in [0, 0.05) is 43.0 Å². The van der Waals surface area contributed by atoms with Crippen molar-refractivity contribution < 1.29 is 24.2 Å². The van der Waals surface area contributed by atoms with Gasteiger partial charge in [-0.05, 0) is 74.4 Å². The Balaban J connectivity index is 1.41. The smallest absolute Gasteiger partial charge is 0.410 e. The lowest BCUT2D eigenvalue weighted by Crippen LogP contribution is -2.51. The Bertz CT molecular complexity index is 1280.